The molecule has 6 nitrogen and oxygen atoms in total. The van der Waals surface area contributed by atoms with Crippen molar-refractivity contribution in [2.75, 3.05) is 5.32 Å². The van der Waals surface area contributed by atoms with E-state index in [1.54, 1.807) is 31.2 Å². The Morgan fingerprint density at radius 3 is 2.30 bits per heavy atom. The highest BCUT2D eigenvalue weighted by Gasteiger charge is 2.06. The quantitative estimate of drug-likeness (QED) is 0.455. The molecule has 2 N–H and O–H groups in total. The molecular formula is C24H23N3O3. The first-order chi connectivity index (χ1) is 14.5. The Bertz CT molecular complexity index is 1040. The normalized spacial score (nSPS) is 10.9. The maximum atomic E-state index is 12.4. The van der Waals surface area contributed by atoms with E-state index in [-0.39, 0.29) is 11.8 Å². The van der Waals surface area contributed by atoms with Crippen LogP contribution in [0.15, 0.2) is 84.0 Å². The van der Waals surface area contributed by atoms with Crippen LogP contribution in [0.2, 0.25) is 0 Å². The fourth-order valence-corrected chi connectivity index (χ4v) is 2.72. The second-order valence-corrected chi connectivity index (χ2v) is 6.70. The van der Waals surface area contributed by atoms with E-state index in [1.807, 2.05) is 54.6 Å². The van der Waals surface area contributed by atoms with Crippen LogP contribution in [0.3, 0.4) is 0 Å². The van der Waals surface area contributed by atoms with Gasteiger partial charge in [-0.1, -0.05) is 42.5 Å². The second kappa shape index (κ2) is 10.0. The molecular weight excluding hydrogens is 378 g/mol. The van der Waals surface area contributed by atoms with E-state index >= 15 is 0 Å². The van der Waals surface area contributed by atoms with Gasteiger partial charge < -0.3 is 10.1 Å². The maximum absolute atomic E-state index is 12.4. The van der Waals surface area contributed by atoms with Crippen LogP contribution in [0.5, 0.6) is 5.75 Å². The largest absolute Gasteiger partial charge is 0.489 e. The van der Waals surface area contributed by atoms with Crippen molar-refractivity contribution in [3.8, 4) is 5.75 Å². The molecule has 3 aromatic rings. The van der Waals surface area contributed by atoms with E-state index in [0.717, 1.165) is 16.9 Å². The lowest BCUT2D eigenvalue weighted by molar-refractivity contribution is -0.114. The molecule has 0 bridgehead atoms. The summed E-state index contributed by atoms with van der Waals surface area (Å²) in [6, 6.07) is 24.0. The number of ether oxygens (including phenoxy) is 1. The van der Waals surface area contributed by atoms with Gasteiger partial charge in [-0.2, -0.15) is 5.10 Å². The summed E-state index contributed by atoms with van der Waals surface area (Å²) in [6.45, 7) is 3.66. The van der Waals surface area contributed by atoms with E-state index in [4.69, 9.17) is 4.74 Å². The van der Waals surface area contributed by atoms with E-state index in [2.05, 4.69) is 15.8 Å². The molecule has 0 heterocycles. The van der Waals surface area contributed by atoms with Crippen molar-refractivity contribution in [2.24, 2.45) is 5.10 Å². The third-order valence-corrected chi connectivity index (χ3v) is 4.29. The summed E-state index contributed by atoms with van der Waals surface area (Å²) in [4.78, 5) is 23.6. The average Bonchev–Trinajstić information content (AvgIpc) is 2.76. The molecule has 152 valence electrons. The van der Waals surface area contributed by atoms with Gasteiger partial charge in [0.05, 0.1) is 5.71 Å². The number of amides is 2. The van der Waals surface area contributed by atoms with Gasteiger partial charge in [-0.3, -0.25) is 9.59 Å². The molecule has 3 aromatic carbocycles. The lowest BCUT2D eigenvalue weighted by Gasteiger charge is -2.08. The van der Waals surface area contributed by atoms with Gasteiger partial charge in [-0.05, 0) is 54.4 Å². The fourth-order valence-electron chi connectivity index (χ4n) is 2.72. The average molecular weight is 401 g/mol. The van der Waals surface area contributed by atoms with Gasteiger partial charge in [-0.25, -0.2) is 5.43 Å². The zero-order chi connectivity index (χ0) is 21.3. The lowest BCUT2D eigenvalue weighted by atomic mass is 10.1. The van der Waals surface area contributed by atoms with E-state index in [0.29, 0.717) is 23.6 Å². The van der Waals surface area contributed by atoms with Crippen molar-refractivity contribution in [1.29, 1.82) is 0 Å². The van der Waals surface area contributed by atoms with E-state index < -0.39 is 0 Å². The summed E-state index contributed by atoms with van der Waals surface area (Å²) in [5.41, 5.74) is 6.13. The Hall–Kier alpha value is -3.93. The number of nitrogens with one attached hydrogen (secondary N) is 2. The lowest BCUT2D eigenvalue weighted by Crippen LogP contribution is -2.19. The molecule has 0 saturated carbocycles. The van der Waals surface area contributed by atoms with E-state index in [1.165, 1.54) is 6.92 Å². The summed E-state index contributed by atoms with van der Waals surface area (Å²) >= 11 is 0. The molecule has 0 fully saturated rings. The predicted octanol–water partition coefficient (Wildman–Crippen LogP) is 4.38. The minimum absolute atomic E-state index is 0.146. The Kier molecular flexibility index (Phi) is 6.95. The van der Waals surface area contributed by atoms with E-state index in [9.17, 15) is 9.59 Å². The first-order valence-corrected chi connectivity index (χ1v) is 9.51. The van der Waals surface area contributed by atoms with Crippen molar-refractivity contribution in [1.82, 2.24) is 5.43 Å². The summed E-state index contributed by atoms with van der Waals surface area (Å²) in [5.74, 6) is 0.349. The molecule has 0 aliphatic heterocycles. The maximum Gasteiger partial charge on any atom is 0.271 e. The molecule has 6 heteroatoms. The van der Waals surface area contributed by atoms with Crippen molar-refractivity contribution >= 4 is 23.2 Å². The molecule has 0 aliphatic carbocycles. The molecule has 0 radical (unpaired) electrons. The molecule has 0 aromatic heterocycles. The Morgan fingerprint density at radius 1 is 0.867 bits per heavy atom. The van der Waals surface area contributed by atoms with Crippen LogP contribution in [0.25, 0.3) is 0 Å². The standard InChI is InChI=1S/C24H23N3O3/c1-17(21-7-6-8-22(15-21)25-18(2)28)26-27-24(29)20-13-11-19(12-14-20)16-30-23-9-4-3-5-10-23/h3-15H,16H2,1-2H3,(H,25,28)(H,27,29)/b26-17-. The number of carbonyl (C=O) groups is 2. The highest BCUT2D eigenvalue weighted by molar-refractivity contribution is 6.02. The smallest absolute Gasteiger partial charge is 0.271 e. The minimum atomic E-state index is -0.303. The Labute approximate surface area is 175 Å². The molecule has 0 unspecified atom stereocenters. The number of para-hydroxylation sites is 1. The van der Waals surface area contributed by atoms with Crippen LogP contribution in [0, 0.1) is 0 Å². The van der Waals surface area contributed by atoms with Gasteiger partial charge in [0.15, 0.2) is 0 Å². The van der Waals surface area contributed by atoms with Crippen molar-refractivity contribution in [3.63, 3.8) is 0 Å². The number of benzene rings is 3. The summed E-state index contributed by atoms with van der Waals surface area (Å²) in [6.07, 6.45) is 0. The SMILES string of the molecule is CC(=O)Nc1cccc(/C(C)=N\NC(=O)c2ccc(COc3ccccc3)cc2)c1. The van der Waals surface area contributed by atoms with Crippen LogP contribution in [-0.2, 0) is 11.4 Å². The number of carbonyl (C=O) groups excluding carboxylic acids is 2. The second-order valence-electron chi connectivity index (χ2n) is 6.70. The third-order valence-electron chi connectivity index (χ3n) is 4.29. The predicted molar refractivity (Wildman–Crippen MR) is 118 cm³/mol. The van der Waals surface area contributed by atoms with Gasteiger partial charge in [0.2, 0.25) is 5.91 Å². The van der Waals surface area contributed by atoms with Crippen molar-refractivity contribution in [3.05, 3.63) is 95.6 Å². The Balaban J connectivity index is 1.58. The topological polar surface area (TPSA) is 79.8 Å². The molecule has 0 spiro atoms. The summed E-state index contributed by atoms with van der Waals surface area (Å²) in [5, 5.41) is 6.89. The number of nitrogens with zero attached hydrogens (tertiary/aromatic N) is 1. The van der Waals surface area contributed by atoms with Crippen LogP contribution in [0.4, 0.5) is 5.69 Å². The van der Waals surface area contributed by atoms with Gasteiger partial charge in [0.25, 0.3) is 5.91 Å². The van der Waals surface area contributed by atoms with Crippen LogP contribution >= 0.6 is 0 Å². The third kappa shape index (κ3) is 6.04. The molecule has 0 atom stereocenters. The summed E-state index contributed by atoms with van der Waals surface area (Å²) < 4.78 is 5.71. The van der Waals surface area contributed by atoms with Crippen LogP contribution < -0.4 is 15.5 Å². The molecule has 2 amide bonds. The number of hydrogen-bond acceptors (Lipinski definition) is 4. The first-order valence-electron chi connectivity index (χ1n) is 9.51. The Morgan fingerprint density at radius 2 is 1.60 bits per heavy atom. The van der Waals surface area contributed by atoms with Crippen molar-refractivity contribution < 1.29 is 14.3 Å². The molecule has 0 saturated heterocycles. The summed E-state index contributed by atoms with van der Waals surface area (Å²) in [7, 11) is 0. The molecule has 30 heavy (non-hydrogen) atoms. The highest BCUT2D eigenvalue weighted by atomic mass is 16.5. The van der Waals surface area contributed by atoms with Crippen LogP contribution in [0.1, 0.15) is 35.3 Å². The number of anilines is 1. The van der Waals surface area contributed by atoms with Crippen LogP contribution in [-0.4, -0.2) is 17.5 Å². The fraction of sp³-hybridized carbons (Fsp3) is 0.125. The number of hydrazone groups is 1. The minimum Gasteiger partial charge on any atom is -0.489 e. The monoisotopic (exact) mass is 401 g/mol. The van der Waals surface area contributed by atoms with Gasteiger partial charge >= 0.3 is 0 Å². The zero-order valence-electron chi connectivity index (χ0n) is 16.9. The number of rotatable bonds is 7. The van der Waals surface area contributed by atoms with Crippen molar-refractivity contribution in [2.45, 2.75) is 20.5 Å². The molecule has 0 aliphatic rings. The molecule has 3 rings (SSSR count). The highest BCUT2D eigenvalue weighted by Crippen LogP contribution is 2.13. The van der Waals surface area contributed by atoms with Gasteiger partial charge in [-0.15, -0.1) is 0 Å². The zero-order valence-corrected chi connectivity index (χ0v) is 16.9. The first kappa shape index (κ1) is 20.8. The van der Waals surface area contributed by atoms with Gasteiger partial charge in [0.1, 0.15) is 12.4 Å². The van der Waals surface area contributed by atoms with Gasteiger partial charge in [0, 0.05) is 18.2 Å². The number of hydrogen-bond donors (Lipinski definition) is 2.